The molecule has 0 radical (unpaired) electrons. The summed E-state index contributed by atoms with van der Waals surface area (Å²) in [4.78, 5) is 2.08. The van der Waals surface area contributed by atoms with Crippen LogP contribution in [0.4, 0.5) is 4.39 Å². The van der Waals surface area contributed by atoms with Crippen LogP contribution in [0.3, 0.4) is 0 Å². The molecule has 1 N–H and O–H groups in total. The summed E-state index contributed by atoms with van der Waals surface area (Å²) >= 11 is 3.51. The van der Waals surface area contributed by atoms with Crippen LogP contribution in [0.15, 0.2) is 77.3 Å². The summed E-state index contributed by atoms with van der Waals surface area (Å²) in [5.41, 5.74) is 4.90. The van der Waals surface area contributed by atoms with E-state index in [1.54, 1.807) is 12.1 Å². The highest BCUT2D eigenvalue weighted by molar-refractivity contribution is 9.10. The van der Waals surface area contributed by atoms with Gasteiger partial charge in [0.2, 0.25) is 0 Å². The molecule has 5 heteroatoms. The van der Waals surface area contributed by atoms with Crippen molar-refractivity contribution in [3.8, 4) is 5.75 Å². The van der Waals surface area contributed by atoms with Crippen LogP contribution in [-0.4, -0.2) is 43.9 Å². The third-order valence-corrected chi connectivity index (χ3v) is 5.67. The lowest BCUT2D eigenvalue weighted by Gasteiger charge is -2.18. The number of likely N-dealkylation sites (N-methyl/N-ethyl adjacent to an activating group) is 1. The fourth-order valence-corrected chi connectivity index (χ4v) is 3.81. The first-order valence-corrected chi connectivity index (χ1v) is 11.5. The van der Waals surface area contributed by atoms with Crippen LogP contribution in [0.5, 0.6) is 5.75 Å². The summed E-state index contributed by atoms with van der Waals surface area (Å²) in [6.45, 7) is 1.54. The van der Waals surface area contributed by atoms with Gasteiger partial charge in [0, 0.05) is 17.6 Å². The number of allylic oxidation sites excluding steroid dienone is 1. The molecule has 3 aromatic rings. The molecule has 3 rings (SSSR count). The fourth-order valence-electron chi connectivity index (χ4n) is 3.54. The second-order valence-corrected chi connectivity index (χ2v) is 8.79. The van der Waals surface area contributed by atoms with E-state index in [0.717, 1.165) is 44.6 Å². The highest BCUT2D eigenvalue weighted by Gasteiger charge is 2.15. The Morgan fingerprint density at radius 1 is 0.938 bits per heavy atom. The zero-order chi connectivity index (χ0) is 22.9. The summed E-state index contributed by atoms with van der Waals surface area (Å²) < 4.78 is 20.9. The molecular formula is C27H29BrFNO2. The maximum absolute atomic E-state index is 14.1. The Balaban J connectivity index is 2.08. The molecule has 3 aromatic carbocycles. The summed E-state index contributed by atoms with van der Waals surface area (Å²) in [7, 11) is 4.03. The summed E-state index contributed by atoms with van der Waals surface area (Å²) in [5.74, 6) is 0.539. The molecule has 0 aromatic heterocycles. The Bertz CT molecular complexity index is 1030. The first-order chi connectivity index (χ1) is 15.5. The first kappa shape index (κ1) is 24.2. The second kappa shape index (κ2) is 12.0. The number of hydrogen-bond acceptors (Lipinski definition) is 3. The number of rotatable bonds is 10. The van der Waals surface area contributed by atoms with Gasteiger partial charge in [0.1, 0.15) is 18.2 Å². The quantitative estimate of drug-likeness (QED) is 0.335. The largest absolute Gasteiger partial charge is 0.492 e. The van der Waals surface area contributed by atoms with Gasteiger partial charge in [0.05, 0.1) is 0 Å². The van der Waals surface area contributed by atoms with Gasteiger partial charge < -0.3 is 14.7 Å². The minimum Gasteiger partial charge on any atom is -0.492 e. The van der Waals surface area contributed by atoms with E-state index in [1.165, 1.54) is 6.07 Å². The van der Waals surface area contributed by atoms with E-state index in [1.807, 2.05) is 56.6 Å². The number of hydrogen-bond donors (Lipinski definition) is 1. The summed E-state index contributed by atoms with van der Waals surface area (Å²) in [6.07, 6.45) is 1.23. The average Bonchev–Trinajstić information content (AvgIpc) is 2.78. The van der Waals surface area contributed by atoms with Crippen LogP contribution < -0.4 is 4.74 Å². The average molecular weight is 498 g/mol. The summed E-state index contributed by atoms with van der Waals surface area (Å²) in [5, 5.41) is 9.51. The Hall–Kier alpha value is -2.47. The third kappa shape index (κ3) is 6.76. The Labute approximate surface area is 198 Å². The molecule has 0 aliphatic heterocycles. The second-order valence-electron chi connectivity index (χ2n) is 7.87. The lowest BCUT2D eigenvalue weighted by molar-refractivity contribution is 0.261. The predicted molar refractivity (Wildman–Crippen MR) is 133 cm³/mol. The Morgan fingerprint density at radius 3 is 2.19 bits per heavy atom. The molecule has 0 atom stereocenters. The molecule has 32 heavy (non-hydrogen) atoms. The van der Waals surface area contributed by atoms with Crippen LogP contribution in [0.2, 0.25) is 0 Å². The first-order valence-electron chi connectivity index (χ1n) is 10.7. The van der Waals surface area contributed by atoms with Crippen LogP contribution in [0, 0.1) is 5.82 Å². The van der Waals surface area contributed by atoms with Gasteiger partial charge in [-0.2, -0.15) is 0 Å². The molecule has 0 unspecified atom stereocenters. The maximum atomic E-state index is 14.1. The molecule has 0 aliphatic rings. The van der Waals surface area contributed by atoms with E-state index in [-0.39, 0.29) is 12.4 Å². The molecule has 0 saturated heterocycles. The number of aliphatic hydroxyl groups excluding tert-OH is 1. The van der Waals surface area contributed by atoms with Gasteiger partial charge >= 0.3 is 0 Å². The number of aliphatic hydroxyl groups is 1. The van der Waals surface area contributed by atoms with Gasteiger partial charge in [-0.3, -0.25) is 0 Å². The molecule has 0 amide bonds. The number of ether oxygens (including phenoxy) is 1. The Kier molecular flexibility index (Phi) is 9.03. The van der Waals surface area contributed by atoms with Gasteiger partial charge in [-0.1, -0.05) is 52.3 Å². The normalized spacial score (nSPS) is 12.1. The van der Waals surface area contributed by atoms with Crippen molar-refractivity contribution >= 4 is 27.1 Å². The number of halogens is 2. The standard InChI is InChI=1S/C27H29BrFNO2/c1-30(2)16-18-32-25-14-10-21(11-15-25)27(20-8-12-23(28)13-9-20)26(7-4-17-31)22-5-3-6-24(29)19-22/h3,5-6,8-15,19,31H,4,7,16-18H2,1-2H3. The van der Waals surface area contributed by atoms with Crippen LogP contribution in [0.25, 0.3) is 11.1 Å². The Morgan fingerprint density at radius 2 is 1.59 bits per heavy atom. The molecule has 0 aliphatic carbocycles. The van der Waals surface area contributed by atoms with Gasteiger partial charge in [-0.25, -0.2) is 4.39 Å². The van der Waals surface area contributed by atoms with E-state index in [9.17, 15) is 9.50 Å². The molecule has 0 bridgehead atoms. The van der Waals surface area contributed by atoms with Gasteiger partial charge in [-0.05, 0) is 91.2 Å². The zero-order valence-corrected chi connectivity index (χ0v) is 20.1. The van der Waals surface area contributed by atoms with E-state index in [4.69, 9.17) is 4.74 Å². The van der Waals surface area contributed by atoms with Crippen molar-refractivity contribution in [1.29, 1.82) is 0 Å². The van der Waals surface area contributed by atoms with Crippen molar-refractivity contribution in [3.63, 3.8) is 0 Å². The predicted octanol–water partition coefficient (Wildman–Crippen LogP) is 6.26. The SMILES string of the molecule is CN(C)CCOc1ccc(C(=C(CCCO)c2cccc(F)c2)c2ccc(Br)cc2)cc1. The van der Waals surface area contributed by atoms with Gasteiger partial charge in [-0.15, -0.1) is 0 Å². The summed E-state index contributed by atoms with van der Waals surface area (Å²) in [6, 6.07) is 22.8. The minimum absolute atomic E-state index is 0.0745. The van der Waals surface area contributed by atoms with Crippen molar-refractivity contribution in [3.05, 3.63) is 99.8 Å². The van der Waals surface area contributed by atoms with Crippen LogP contribution >= 0.6 is 15.9 Å². The zero-order valence-electron chi connectivity index (χ0n) is 18.5. The number of benzene rings is 3. The van der Waals surface area contributed by atoms with E-state index in [0.29, 0.717) is 19.4 Å². The van der Waals surface area contributed by atoms with E-state index >= 15 is 0 Å². The monoisotopic (exact) mass is 497 g/mol. The maximum Gasteiger partial charge on any atom is 0.123 e. The van der Waals surface area contributed by atoms with Crippen molar-refractivity contribution in [1.82, 2.24) is 4.90 Å². The van der Waals surface area contributed by atoms with Crippen LogP contribution in [0.1, 0.15) is 29.5 Å². The molecule has 3 nitrogen and oxygen atoms in total. The van der Waals surface area contributed by atoms with Crippen molar-refractivity contribution in [2.75, 3.05) is 33.9 Å². The highest BCUT2D eigenvalue weighted by atomic mass is 79.9. The van der Waals surface area contributed by atoms with Gasteiger partial charge in [0.25, 0.3) is 0 Å². The molecule has 0 heterocycles. The van der Waals surface area contributed by atoms with E-state index in [2.05, 4.69) is 33.0 Å². The molecular weight excluding hydrogens is 469 g/mol. The van der Waals surface area contributed by atoms with Crippen molar-refractivity contribution < 1.29 is 14.2 Å². The lowest BCUT2D eigenvalue weighted by Crippen LogP contribution is -2.19. The van der Waals surface area contributed by atoms with Gasteiger partial charge in [0.15, 0.2) is 0 Å². The smallest absolute Gasteiger partial charge is 0.123 e. The van der Waals surface area contributed by atoms with Crippen molar-refractivity contribution in [2.24, 2.45) is 0 Å². The third-order valence-electron chi connectivity index (χ3n) is 5.14. The van der Waals surface area contributed by atoms with Crippen molar-refractivity contribution in [2.45, 2.75) is 12.8 Å². The minimum atomic E-state index is -0.274. The molecule has 0 saturated carbocycles. The lowest BCUT2D eigenvalue weighted by atomic mass is 9.87. The molecule has 168 valence electrons. The van der Waals surface area contributed by atoms with Crippen LogP contribution in [-0.2, 0) is 0 Å². The molecule has 0 spiro atoms. The fraction of sp³-hybridized carbons (Fsp3) is 0.259. The molecule has 0 fully saturated rings. The highest BCUT2D eigenvalue weighted by Crippen LogP contribution is 2.36. The topological polar surface area (TPSA) is 32.7 Å². The number of nitrogens with zero attached hydrogens (tertiary/aromatic N) is 1. The van der Waals surface area contributed by atoms with E-state index < -0.39 is 0 Å².